The van der Waals surface area contributed by atoms with Crippen molar-refractivity contribution in [3.8, 4) is 0 Å². The van der Waals surface area contributed by atoms with Gasteiger partial charge in [0.1, 0.15) is 17.3 Å². The van der Waals surface area contributed by atoms with Crippen molar-refractivity contribution in [1.82, 2.24) is 15.3 Å². The van der Waals surface area contributed by atoms with Gasteiger partial charge in [-0.2, -0.15) is 13.2 Å². The van der Waals surface area contributed by atoms with Crippen molar-refractivity contribution < 1.29 is 18.0 Å². The number of hydrogen-bond donors (Lipinski definition) is 2. The van der Waals surface area contributed by atoms with E-state index < -0.39 is 17.6 Å². The first-order chi connectivity index (χ1) is 11.3. The number of benzene rings is 1. The molecule has 0 aliphatic carbocycles. The number of rotatable bonds is 5. The second-order valence-electron chi connectivity index (χ2n) is 5.11. The van der Waals surface area contributed by atoms with Gasteiger partial charge in [0.15, 0.2) is 0 Å². The molecular formula is C16H17F3N4O. The van der Waals surface area contributed by atoms with Crippen LogP contribution in [0.25, 0.3) is 0 Å². The Balaban J connectivity index is 2.31. The fraction of sp³-hybridized carbons (Fsp3) is 0.312. The Kier molecular flexibility index (Phi) is 5.38. The van der Waals surface area contributed by atoms with Crippen molar-refractivity contribution in [3.05, 3.63) is 47.4 Å². The van der Waals surface area contributed by atoms with E-state index in [0.29, 0.717) is 6.54 Å². The Morgan fingerprint density at radius 3 is 2.58 bits per heavy atom. The summed E-state index contributed by atoms with van der Waals surface area (Å²) in [5, 5.41) is 5.29. The fourth-order valence-corrected chi connectivity index (χ4v) is 2.05. The van der Waals surface area contributed by atoms with E-state index in [1.54, 1.807) is 6.92 Å². The summed E-state index contributed by atoms with van der Waals surface area (Å²) in [6, 6.07) is 6.40. The Morgan fingerprint density at radius 2 is 1.92 bits per heavy atom. The Bertz CT molecular complexity index is 732. The molecular weight excluding hydrogens is 321 g/mol. The van der Waals surface area contributed by atoms with E-state index in [2.05, 4.69) is 20.6 Å². The minimum Gasteiger partial charge on any atom is -0.351 e. The monoisotopic (exact) mass is 338 g/mol. The third-order valence-corrected chi connectivity index (χ3v) is 3.10. The summed E-state index contributed by atoms with van der Waals surface area (Å²) in [6.45, 7) is 3.96. The molecule has 0 unspecified atom stereocenters. The van der Waals surface area contributed by atoms with E-state index in [1.807, 2.05) is 6.92 Å². The number of amides is 1. The number of nitrogens with one attached hydrogen (secondary N) is 2. The number of aromatic nitrogens is 2. The van der Waals surface area contributed by atoms with Crippen LogP contribution in [0.2, 0.25) is 0 Å². The highest BCUT2D eigenvalue weighted by atomic mass is 19.4. The van der Waals surface area contributed by atoms with Gasteiger partial charge in [-0.25, -0.2) is 9.97 Å². The molecule has 0 saturated carbocycles. The SMILES string of the molecule is CCCNC(=O)c1cc(Nc2ccccc2C(F)(F)F)nc(C)n1. The lowest BCUT2D eigenvalue weighted by molar-refractivity contribution is -0.136. The van der Waals surface area contributed by atoms with Crippen molar-refractivity contribution in [3.63, 3.8) is 0 Å². The van der Waals surface area contributed by atoms with Crippen LogP contribution >= 0.6 is 0 Å². The van der Waals surface area contributed by atoms with E-state index in [4.69, 9.17) is 0 Å². The second-order valence-corrected chi connectivity index (χ2v) is 5.11. The van der Waals surface area contributed by atoms with Crippen LogP contribution in [0, 0.1) is 6.92 Å². The maximum atomic E-state index is 13.0. The van der Waals surface area contributed by atoms with Gasteiger partial charge in [0, 0.05) is 12.6 Å². The number of anilines is 2. The standard InChI is InChI=1S/C16H17F3N4O/c1-3-8-20-15(24)13-9-14(22-10(2)21-13)23-12-7-5-4-6-11(12)16(17,18)19/h4-7,9H,3,8H2,1-2H3,(H,20,24)(H,21,22,23). The largest absolute Gasteiger partial charge is 0.418 e. The summed E-state index contributed by atoms with van der Waals surface area (Å²) in [5.74, 6) is 0.0153. The molecule has 2 aromatic rings. The number of hydrogen-bond acceptors (Lipinski definition) is 4. The molecule has 0 fully saturated rings. The van der Waals surface area contributed by atoms with Crippen molar-refractivity contribution in [2.75, 3.05) is 11.9 Å². The van der Waals surface area contributed by atoms with E-state index in [9.17, 15) is 18.0 Å². The molecule has 1 heterocycles. The first kappa shape index (κ1) is 17.7. The Hall–Kier alpha value is -2.64. The van der Waals surface area contributed by atoms with Crippen LogP contribution in [0.4, 0.5) is 24.7 Å². The van der Waals surface area contributed by atoms with Crippen molar-refractivity contribution >= 4 is 17.4 Å². The van der Waals surface area contributed by atoms with Crippen LogP contribution in [0.15, 0.2) is 30.3 Å². The second kappa shape index (κ2) is 7.29. The molecule has 0 aliphatic rings. The minimum atomic E-state index is -4.49. The van der Waals surface area contributed by atoms with Crippen molar-refractivity contribution in [2.24, 2.45) is 0 Å². The van der Waals surface area contributed by atoms with E-state index >= 15 is 0 Å². The van der Waals surface area contributed by atoms with Gasteiger partial charge in [-0.15, -0.1) is 0 Å². The molecule has 1 aromatic heterocycles. The molecule has 1 aromatic carbocycles. The van der Waals surface area contributed by atoms with Gasteiger partial charge in [-0.1, -0.05) is 19.1 Å². The maximum absolute atomic E-state index is 13.0. The van der Waals surface area contributed by atoms with Crippen molar-refractivity contribution in [2.45, 2.75) is 26.4 Å². The number of para-hydroxylation sites is 1. The first-order valence-corrected chi connectivity index (χ1v) is 7.38. The number of alkyl halides is 3. The lowest BCUT2D eigenvalue weighted by Gasteiger charge is -2.14. The van der Waals surface area contributed by atoms with Crippen LogP contribution in [-0.2, 0) is 6.18 Å². The summed E-state index contributed by atoms with van der Waals surface area (Å²) in [4.78, 5) is 20.0. The molecule has 0 bridgehead atoms. The van der Waals surface area contributed by atoms with Gasteiger partial charge in [0.2, 0.25) is 0 Å². The predicted molar refractivity (Wildman–Crippen MR) is 84.1 cm³/mol. The molecule has 5 nitrogen and oxygen atoms in total. The normalized spacial score (nSPS) is 11.2. The van der Waals surface area contributed by atoms with Crippen molar-refractivity contribution in [1.29, 1.82) is 0 Å². The quantitative estimate of drug-likeness (QED) is 0.873. The zero-order chi connectivity index (χ0) is 17.7. The first-order valence-electron chi connectivity index (χ1n) is 7.38. The summed E-state index contributed by atoms with van der Waals surface area (Å²) in [5.41, 5.74) is -0.843. The molecule has 128 valence electrons. The highest BCUT2D eigenvalue weighted by molar-refractivity contribution is 5.93. The van der Waals surface area contributed by atoms with E-state index in [0.717, 1.165) is 12.5 Å². The molecule has 0 aliphatic heterocycles. The lowest BCUT2D eigenvalue weighted by Crippen LogP contribution is -2.25. The predicted octanol–water partition coefficient (Wildman–Crippen LogP) is 3.69. The Labute approximate surface area is 137 Å². The molecule has 0 saturated heterocycles. The summed E-state index contributed by atoms with van der Waals surface area (Å²) in [7, 11) is 0. The van der Waals surface area contributed by atoms with Gasteiger partial charge in [-0.3, -0.25) is 4.79 Å². The molecule has 1 amide bonds. The Morgan fingerprint density at radius 1 is 1.21 bits per heavy atom. The van der Waals surface area contributed by atoms with Gasteiger partial charge in [0.05, 0.1) is 11.3 Å². The van der Waals surface area contributed by atoms with E-state index in [1.165, 1.54) is 24.3 Å². The van der Waals surface area contributed by atoms with E-state index in [-0.39, 0.29) is 23.0 Å². The van der Waals surface area contributed by atoms with Crippen LogP contribution in [0.1, 0.15) is 35.2 Å². The van der Waals surface area contributed by atoms with Gasteiger partial charge < -0.3 is 10.6 Å². The summed E-state index contributed by atoms with van der Waals surface area (Å²) < 4.78 is 39.1. The third kappa shape index (κ3) is 4.43. The fourth-order valence-electron chi connectivity index (χ4n) is 2.05. The van der Waals surface area contributed by atoms with Crippen LogP contribution in [0.5, 0.6) is 0 Å². The van der Waals surface area contributed by atoms with Crippen LogP contribution in [0.3, 0.4) is 0 Å². The lowest BCUT2D eigenvalue weighted by atomic mass is 10.1. The zero-order valence-electron chi connectivity index (χ0n) is 13.2. The number of nitrogens with zero attached hydrogens (tertiary/aromatic N) is 2. The topological polar surface area (TPSA) is 66.9 Å². The van der Waals surface area contributed by atoms with Gasteiger partial charge in [-0.05, 0) is 25.5 Å². The summed E-state index contributed by atoms with van der Waals surface area (Å²) in [6.07, 6.45) is -3.73. The average molecular weight is 338 g/mol. The molecule has 0 atom stereocenters. The zero-order valence-corrected chi connectivity index (χ0v) is 13.2. The molecule has 24 heavy (non-hydrogen) atoms. The molecule has 0 radical (unpaired) electrons. The minimum absolute atomic E-state index is 0.0999. The molecule has 2 rings (SSSR count). The summed E-state index contributed by atoms with van der Waals surface area (Å²) >= 11 is 0. The maximum Gasteiger partial charge on any atom is 0.418 e. The highest BCUT2D eigenvalue weighted by Crippen LogP contribution is 2.35. The number of carbonyl (C=O) groups is 1. The molecule has 2 N–H and O–H groups in total. The van der Waals surface area contributed by atoms with Gasteiger partial charge in [0.25, 0.3) is 5.91 Å². The number of carbonyl (C=O) groups excluding carboxylic acids is 1. The molecule has 0 spiro atoms. The number of aryl methyl sites for hydroxylation is 1. The molecule has 8 heteroatoms. The van der Waals surface area contributed by atoms with Crippen LogP contribution < -0.4 is 10.6 Å². The third-order valence-electron chi connectivity index (χ3n) is 3.10. The van der Waals surface area contributed by atoms with Gasteiger partial charge >= 0.3 is 6.18 Å². The highest BCUT2D eigenvalue weighted by Gasteiger charge is 2.33. The smallest absolute Gasteiger partial charge is 0.351 e. The number of halogens is 3. The average Bonchev–Trinajstić information content (AvgIpc) is 2.51. The van der Waals surface area contributed by atoms with Crippen LogP contribution in [-0.4, -0.2) is 22.4 Å².